The van der Waals surface area contributed by atoms with E-state index in [1.165, 1.54) is 76.3 Å². The molecule has 0 amide bonds. The summed E-state index contributed by atoms with van der Waals surface area (Å²) in [6, 6.07) is 6.10. The molecule has 0 bridgehead atoms. The summed E-state index contributed by atoms with van der Waals surface area (Å²) in [5.41, 5.74) is 0.0314. The molecule has 2 aliphatic carbocycles. The Labute approximate surface area is 162 Å². The van der Waals surface area contributed by atoms with Gasteiger partial charge in [-0.3, -0.25) is 0 Å². The van der Waals surface area contributed by atoms with Gasteiger partial charge in [0.25, 0.3) is 0 Å². The summed E-state index contributed by atoms with van der Waals surface area (Å²) < 4.78 is 39.4. The van der Waals surface area contributed by atoms with Crippen molar-refractivity contribution in [2.75, 3.05) is 0 Å². The van der Waals surface area contributed by atoms with Crippen LogP contribution in [0.3, 0.4) is 0 Å². The van der Waals surface area contributed by atoms with E-state index in [0.717, 1.165) is 24.2 Å². The molecule has 152 valence electrons. The highest BCUT2D eigenvalue weighted by atomic mass is 19.4. The molecule has 0 nitrogen and oxygen atoms in total. The highest BCUT2D eigenvalue weighted by Gasteiger charge is 2.34. The predicted molar refractivity (Wildman–Crippen MR) is 106 cm³/mol. The minimum Gasteiger partial charge on any atom is -0.166 e. The van der Waals surface area contributed by atoms with E-state index in [1.54, 1.807) is 12.1 Å². The minimum absolute atomic E-state index is 0.442. The van der Waals surface area contributed by atoms with Crippen LogP contribution in [-0.4, -0.2) is 0 Å². The third-order valence-electron chi connectivity index (χ3n) is 7.29. The maximum atomic E-state index is 13.1. The van der Waals surface area contributed by atoms with Gasteiger partial charge in [0.15, 0.2) is 0 Å². The third kappa shape index (κ3) is 5.74. The molecule has 3 rings (SSSR count). The normalized spacial score (nSPS) is 29.6. The number of alkyl halides is 3. The first kappa shape index (κ1) is 20.7. The molecule has 3 heteroatoms. The van der Waals surface area contributed by atoms with Gasteiger partial charge in [0.1, 0.15) is 0 Å². The second kappa shape index (κ2) is 9.47. The van der Waals surface area contributed by atoms with Crippen molar-refractivity contribution in [3.63, 3.8) is 0 Å². The molecule has 1 aromatic rings. The Morgan fingerprint density at radius 3 is 1.81 bits per heavy atom. The predicted octanol–water partition coefficient (Wildman–Crippen LogP) is 8.05. The molecule has 0 aliphatic heterocycles. The van der Waals surface area contributed by atoms with Gasteiger partial charge in [-0.05, 0) is 73.8 Å². The Morgan fingerprint density at radius 1 is 0.778 bits per heavy atom. The van der Waals surface area contributed by atoms with E-state index < -0.39 is 11.7 Å². The van der Waals surface area contributed by atoms with Crippen LogP contribution in [0.4, 0.5) is 13.2 Å². The monoisotopic (exact) mass is 380 g/mol. The van der Waals surface area contributed by atoms with Crippen molar-refractivity contribution in [2.45, 2.75) is 90.1 Å². The fraction of sp³-hybridized carbons (Fsp3) is 0.750. The number of rotatable bonds is 6. The summed E-state index contributed by atoms with van der Waals surface area (Å²) in [6.07, 6.45) is 10.7. The van der Waals surface area contributed by atoms with E-state index in [-0.39, 0.29) is 0 Å². The topological polar surface area (TPSA) is 0 Å². The van der Waals surface area contributed by atoms with Crippen molar-refractivity contribution in [2.24, 2.45) is 23.7 Å². The van der Waals surface area contributed by atoms with Gasteiger partial charge in [-0.1, -0.05) is 63.6 Å². The maximum absolute atomic E-state index is 13.1. The van der Waals surface area contributed by atoms with Crippen molar-refractivity contribution >= 4 is 0 Å². The van der Waals surface area contributed by atoms with Crippen molar-refractivity contribution in [3.05, 3.63) is 35.4 Å². The summed E-state index contributed by atoms with van der Waals surface area (Å²) in [5.74, 6) is 3.38. The number of halogens is 3. The average Bonchev–Trinajstić information content (AvgIpc) is 2.67. The molecule has 0 heterocycles. The van der Waals surface area contributed by atoms with Gasteiger partial charge >= 0.3 is 6.18 Å². The lowest BCUT2D eigenvalue weighted by atomic mass is 9.68. The molecule has 2 fully saturated rings. The lowest BCUT2D eigenvalue weighted by molar-refractivity contribution is -0.138. The van der Waals surface area contributed by atoms with Crippen LogP contribution in [0, 0.1) is 23.7 Å². The Balaban J connectivity index is 1.43. The summed E-state index contributed by atoms with van der Waals surface area (Å²) in [4.78, 5) is 0. The number of hydrogen-bond acceptors (Lipinski definition) is 0. The van der Waals surface area contributed by atoms with E-state index in [2.05, 4.69) is 6.92 Å². The van der Waals surface area contributed by atoms with Crippen molar-refractivity contribution < 1.29 is 13.2 Å². The van der Waals surface area contributed by atoms with E-state index in [0.29, 0.717) is 17.9 Å². The molecule has 2 saturated carbocycles. The van der Waals surface area contributed by atoms with Gasteiger partial charge in [-0.15, -0.1) is 0 Å². The fourth-order valence-electron chi connectivity index (χ4n) is 5.68. The molecular formula is C24H35F3. The zero-order chi connectivity index (χ0) is 19.3. The van der Waals surface area contributed by atoms with Crippen molar-refractivity contribution in [3.8, 4) is 0 Å². The standard InChI is InChI=1S/C24H35F3/c1-2-5-18-8-13-20(14-9-18)21-15-10-19(11-16-21)12-17-22-6-3-4-7-23(22)24(25,26)27/h3-4,6-7,18-21H,2,5,8-17H2,1H3. The summed E-state index contributed by atoms with van der Waals surface area (Å²) in [7, 11) is 0. The van der Waals surface area contributed by atoms with Crippen LogP contribution in [-0.2, 0) is 12.6 Å². The van der Waals surface area contributed by atoms with E-state index >= 15 is 0 Å². The van der Waals surface area contributed by atoms with Crippen LogP contribution < -0.4 is 0 Å². The Morgan fingerprint density at radius 2 is 1.30 bits per heavy atom. The summed E-state index contributed by atoms with van der Waals surface area (Å²) in [6.45, 7) is 2.29. The number of aryl methyl sites for hydroxylation is 1. The SMILES string of the molecule is CCCC1CCC(C2CCC(CCc3ccccc3C(F)(F)F)CC2)CC1. The lowest BCUT2D eigenvalue weighted by Gasteiger charge is -2.38. The molecule has 0 saturated heterocycles. The van der Waals surface area contributed by atoms with E-state index in [4.69, 9.17) is 0 Å². The van der Waals surface area contributed by atoms with E-state index in [9.17, 15) is 13.2 Å². The quantitative estimate of drug-likeness (QED) is 0.468. The Kier molecular flexibility index (Phi) is 7.28. The largest absolute Gasteiger partial charge is 0.416 e. The lowest BCUT2D eigenvalue weighted by Crippen LogP contribution is -2.26. The van der Waals surface area contributed by atoms with E-state index in [1.807, 2.05) is 0 Å². The van der Waals surface area contributed by atoms with Crippen molar-refractivity contribution in [1.82, 2.24) is 0 Å². The molecule has 0 N–H and O–H groups in total. The minimum atomic E-state index is -4.23. The molecule has 0 unspecified atom stereocenters. The Bertz CT molecular complexity index is 561. The molecule has 2 aliphatic rings. The second-order valence-corrected chi connectivity index (χ2v) is 9.04. The highest BCUT2D eigenvalue weighted by molar-refractivity contribution is 5.29. The number of benzene rings is 1. The number of hydrogen-bond donors (Lipinski definition) is 0. The van der Waals surface area contributed by atoms with Gasteiger partial charge in [0.2, 0.25) is 0 Å². The van der Waals surface area contributed by atoms with Crippen LogP contribution in [0.1, 0.15) is 88.7 Å². The second-order valence-electron chi connectivity index (χ2n) is 9.04. The van der Waals surface area contributed by atoms with Crippen molar-refractivity contribution in [1.29, 1.82) is 0 Å². The van der Waals surface area contributed by atoms with Crippen LogP contribution in [0.15, 0.2) is 24.3 Å². The van der Waals surface area contributed by atoms with Gasteiger partial charge < -0.3 is 0 Å². The van der Waals surface area contributed by atoms with Crippen LogP contribution in [0.25, 0.3) is 0 Å². The highest BCUT2D eigenvalue weighted by Crippen LogP contribution is 2.43. The maximum Gasteiger partial charge on any atom is 0.416 e. The molecule has 1 aromatic carbocycles. The zero-order valence-electron chi connectivity index (χ0n) is 16.7. The first-order chi connectivity index (χ1) is 13.0. The van der Waals surface area contributed by atoms with Crippen LogP contribution >= 0.6 is 0 Å². The molecule has 0 radical (unpaired) electrons. The molecule has 0 aromatic heterocycles. The average molecular weight is 381 g/mol. The molecule has 0 spiro atoms. The van der Waals surface area contributed by atoms with Gasteiger partial charge in [0.05, 0.1) is 5.56 Å². The van der Waals surface area contributed by atoms with Crippen LogP contribution in [0.5, 0.6) is 0 Å². The molecule has 0 atom stereocenters. The molecular weight excluding hydrogens is 345 g/mol. The zero-order valence-corrected chi connectivity index (χ0v) is 16.7. The molecule has 27 heavy (non-hydrogen) atoms. The van der Waals surface area contributed by atoms with Gasteiger partial charge in [-0.2, -0.15) is 13.2 Å². The summed E-state index contributed by atoms with van der Waals surface area (Å²) >= 11 is 0. The first-order valence-electron chi connectivity index (χ1n) is 11.1. The third-order valence-corrected chi connectivity index (χ3v) is 7.29. The van der Waals surface area contributed by atoms with Gasteiger partial charge in [0, 0.05) is 0 Å². The smallest absolute Gasteiger partial charge is 0.166 e. The first-order valence-corrected chi connectivity index (χ1v) is 11.1. The fourth-order valence-corrected chi connectivity index (χ4v) is 5.68. The van der Waals surface area contributed by atoms with Gasteiger partial charge in [-0.25, -0.2) is 0 Å². The Hall–Kier alpha value is -0.990. The van der Waals surface area contributed by atoms with Crippen LogP contribution in [0.2, 0.25) is 0 Å². The summed E-state index contributed by atoms with van der Waals surface area (Å²) in [5, 5.41) is 0.